The van der Waals surface area contributed by atoms with Crippen LogP contribution in [0.2, 0.25) is 0 Å². The van der Waals surface area contributed by atoms with Crippen LogP contribution in [0, 0.1) is 6.92 Å². The molecule has 2 aromatic heterocycles. The molecule has 11 heteroatoms. The SMILES string of the molecule is COc1ccccc1C(=O)c1cc(C)ccc1NC(=O)Nc1ncc(CCS(=O)(=O)c2ccccn2)s1. The predicted molar refractivity (Wildman–Crippen MR) is 142 cm³/mol. The molecule has 0 fully saturated rings. The zero-order chi connectivity index (χ0) is 26.4. The van der Waals surface area contributed by atoms with E-state index in [1.54, 1.807) is 54.6 Å². The summed E-state index contributed by atoms with van der Waals surface area (Å²) < 4.78 is 30.2. The number of urea groups is 1. The number of thiazole rings is 1. The van der Waals surface area contributed by atoms with E-state index >= 15 is 0 Å². The van der Waals surface area contributed by atoms with Gasteiger partial charge in [-0.25, -0.2) is 23.2 Å². The van der Waals surface area contributed by atoms with Crippen LogP contribution in [0.15, 0.2) is 78.1 Å². The van der Waals surface area contributed by atoms with Crippen LogP contribution in [0.4, 0.5) is 15.6 Å². The fourth-order valence-corrected chi connectivity index (χ4v) is 5.68. The molecule has 190 valence electrons. The third-order valence-corrected chi connectivity index (χ3v) is 7.96. The van der Waals surface area contributed by atoms with Crippen molar-refractivity contribution in [2.24, 2.45) is 0 Å². The second-order valence-corrected chi connectivity index (χ2v) is 11.2. The van der Waals surface area contributed by atoms with E-state index in [0.29, 0.717) is 32.6 Å². The Morgan fingerprint density at radius 3 is 2.51 bits per heavy atom. The van der Waals surface area contributed by atoms with Gasteiger partial charge in [0.25, 0.3) is 0 Å². The van der Waals surface area contributed by atoms with Crippen LogP contribution >= 0.6 is 11.3 Å². The fraction of sp³-hybridized carbons (Fsp3) is 0.154. The molecule has 0 saturated carbocycles. The molecule has 37 heavy (non-hydrogen) atoms. The average Bonchev–Trinajstić information content (AvgIpc) is 3.35. The van der Waals surface area contributed by atoms with E-state index in [0.717, 1.165) is 5.56 Å². The quantitative estimate of drug-likeness (QED) is 0.296. The van der Waals surface area contributed by atoms with Crippen LogP contribution in [-0.2, 0) is 16.3 Å². The Balaban J connectivity index is 1.43. The number of hydrogen-bond acceptors (Lipinski definition) is 8. The topological polar surface area (TPSA) is 127 Å². The highest BCUT2D eigenvalue weighted by Crippen LogP contribution is 2.27. The Morgan fingerprint density at radius 2 is 1.76 bits per heavy atom. The molecular formula is C26H24N4O5S2. The average molecular weight is 537 g/mol. The van der Waals surface area contributed by atoms with Crippen molar-refractivity contribution in [2.45, 2.75) is 18.4 Å². The van der Waals surface area contributed by atoms with Crippen molar-refractivity contribution in [3.05, 3.63) is 94.6 Å². The molecule has 4 rings (SSSR count). The van der Waals surface area contributed by atoms with Gasteiger partial charge in [-0.3, -0.25) is 10.1 Å². The van der Waals surface area contributed by atoms with Gasteiger partial charge in [0.1, 0.15) is 5.75 Å². The molecule has 0 aliphatic heterocycles. The van der Waals surface area contributed by atoms with Gasteiger partial charge in [-0.1, -0.05) is 29.8 Å². The van der Waals surface area contributed by atoms with Gasteiger partial charge < -0.3 is 10.1 Å². The number of nitrogens with zero attached hydrogens (tertiary/aromatic N) is 2. The molecular weight excluding hydrogens is 512 g/mol. The molecule has 2 heterocycles. The van der Waals surface area contributed by atoms with Crippen LogP contribution in [0.1, 0.15) is 26.4 Å². The first kappa shape index (κ1) is 26.0. The number of pyridine rings is 1. The van der Waals surface area contributed by atoms with Gasteiger partial charge in [0.05, 0.1) is 24.1 Å². The van der Waals surface area contributed by atoms with E-state index in [9.17, 15) is 18.0 Å². The van der Waals surface area contributed by atoms with Gasteiger partial charge in [-0.05, 0) is 49.7 Å². The highest BCUT2D eigenvalue weighted by molar-refractivity contribution is 7.91. The van der Waals surface area contributed by atoms with Gasteiger partial charge in [-0.15, -0.1) is 11.3 Å². The summed E-state index contributed by atoms with van der Waals surface area (Å²) in [7, 11) is -2.04. The smallest absolute Gasteiger partial charge is 0.325 e. The first-order valence-electron chi connectivity index (χ1n) is 11.2. The number of carbonyl (C=O) groups excluding carboxylic acids is 2. The Hall–Kier alpha value is -4.09. The number of methoxy groups -OCH3 is 1. The number of carbonyl (C=O) groups is 2. The van der Waals surface area contributed by atoms with E-state index in [1.807, 2.05) is 6.92 Å². The Bertz CT molecular complexity index is 1540. The van der Waals surface area contributed by atoms with Crippen LogP contribution in [-0.4, -0.2) is 43.1 Å². The molecule has 0 atom stereocenters. The fourth-order valence-electron chi connectivity index (χ4n) is 3.53. The van der Waals surface area contributed by atoms with Crippen molar-refractivity contribution in [1.29, 1.82) is 0 Å². The normalized spacial score (nSPS) is 11.1. The summed E-state index contributed by atoms with van der Waals surface area (Å²) >= 11 is 1.17. The Kier molecular flexibility index (Phi) is 7.95. The molecule has 0 spiro atoms. The molecule has 0 unspecified atom stereocenters. The molecule has 2 aromatic carbocycles. The molecule has 0 radical (unpaired) electrons. The lowest BCUT2D eigenvalue weighted by Crippen LogP contribution is -2.21. The zero-order valence-corrected chi connectivity index (χ0v) is 21.7. The van der Waals surface area contributed by atoms with Gasteiger partial charge in [0.2, 0.25) is 0 Å². The van der Waals surface area contributed by atoms with Crippen molar-refractivity contribution in [3.8, 4) is 5.75 Å². The minimum Gasteiger partial charge on any atom is -0.496 e. The van der Waals surface area contributed by atoms with E-state index in [-0.39, 0.29) is 23.0 Å². The number of benzene rings is 2. The lowest BCUT2D eigenvalue weighted by atomic mass is 9.99. The van der Waals surface area contributed by atoms with Gasteiger partial charge in [0, 0.05) is 22.8 Å². The Labute approximate surface area is 218 Å². The number of aromatic nitrogens is 2. The lowest BCUT2D eigenvalue weighted by molar-refractivity contribution is 0.103. The Morgan fingerprint density at radius 1 is 0.973 bits per heavy atom. The predicted octanol–water partition coefficient (Wildman–Crippen LogP) is 4.75. The number of ether oxygens (including phenoxy) is 1. The van der Waals surface area contributed by atoms with E-state index in [2.05, 4.69) is 20.6 Å². The number of aryl methyl sites for hydroxylation is 2. The number of ketones is 1. The molecule has 2 amide bonds. The maximum absolute atomic E-state index is 13.3. The minimum atomic E-state index is -3.53. The van der Waals surface area contributed by atoms with E-state index in [1.165, 1.54) is 36.9 Å². The number of para-hydroxylation sites is 1. The van der Waals surface area contributed by atoms with Crippen molar-refractivity contribution in [2.75, 3.05) is 23.5 Å². The van der Waals surface area contributed by atoms with Gasteiger partial charge in [0.15, 0.2) is 25.8 Å². The number of nitrogens with one attached hydrogen (secondary N) is 2. The molecule has 0 aliphatic rings. The summed E-state index contributed by atoms with van der Waals surface area (Å²) in [6.45, 7) is 1.86. The second kappa shape index (κ2) is 11.3. The first-order valence-corrected chi connectivity index (χ1v) is 13.7. The lowest BCUT2D eigenvalue weighted by Gasteiger charge is -2.13. The maximum Gasteiger partial charge on any atom is 0.325 e. The number of anilines is 2. The monoisotopic (exact) mass is 536 g/mol. The van der Waals surface area contributed by atoms with E-state index < -0.39 is 15.9 Å². The summed E-state index contributed by atoms with van der Waals surface area (Å²) in [5, 5.41) is 5.68. The van der Waals surface area contributed by atoms with Crippen molar-refractivity contribution >= 4 is 43.8 Å². The summed E-state index contributed by atoms with van der Waals surface area (Å²) in [5.41, 5.74) is 1.88. The minimum absolute atomic E-state index is 0.0220. The van der Waals surface area contributed by atoms with Gasteiger partial charge in [-0.2, -0.15) is 0 Å². The van der Waals surface area contributed by atoms with Crippen molar-refractivity contribution < 1.29 is 22.7 Å². The standard InChI is InChI=1S/C26H24N4O5S2/c1-17-10-11-21(20(15-17)24(31)19-7-3-4-8-22(19)35-2)29-25(32)30-26-28-16-18(36-26)12-14-37(33,34)23-9-5-6-13-27-23/h3-11,13,15-16H,12,14H2,1-2H3,(H2,28,29,30,32). The van der Waals surface area contributed by atoms with Crippen LogP contribution < -0.4 is 15.4 Å². The maximum atomic E-state index is 13.3. The van der Waals surface area contributed by atoms with Crippen LogP contribution in [0.5, 0.6) is 5.75 Å². The summed E-state index contributed by atoms with van der Waals surface area (Å²) in [6.07, 6.45) is 3.19. The third-order valence-electron chi connectivity index (χ3n) is 5.37. The highest BCUT2D eigenvalue weighted by Gasteiger charge is 2.20. The summed E-state index contributed by atoms with van der Waals surface area (Å²) in [5.74, 6) is 0.0159. The largest absolute Gasteiger partial charge is 0.496 e. The molecule has 9 nitrogen and oxygen atoms in total. The second-order valence-electron chi connectivity index (χ2n) is 8.03. The third kappa shape index (κ3) is 6.38. The number of amides is 2. The highest BCUT2D eigenvalue weighted by atomic mass is 32.2. The van der Waals surface area contributed by atoms with Crippen LogP contribution in [0.3, 0.4) is 0 Å². The molecule has 0 aliphatic carbocycles. The van der Waals surface area contributed by atoms with E-state index in [4.69, 9.17) is 4.74 Å². The molecule has 4 aromatic rings. The molecule has 0 saturated heterocycles. The summed E-state index contributed by atoms with van der Waals surface area (Å²) in [6, 6.07) is 16.2. The molecule has 0 bridgehead atoms. The van der Waals surface area contributed by atoms with Crippen molar-refractivity contribution in [3.63, 3.8) is 0 Å². The first-order chi connectivity index (χ1) is 17.8. The van der Waals surface area contributed by atoms with Gasteiger partial charge >= 0.3 is 6.03 Å². The number of hydrogen-bond donors (Lipinski definition) is 2. The molecule has 2 N–H and O–H groups in total. The zero-order valence-electron chi connectivity index (χ0n) is 20.1. The van der Waals surface area contributed by atoms with Crippen LogP contribution in [0.25, 0.3) is 0 Å². The summed E-state index contributed by atoms with van der Waals surface area (Å²) in [4.78, 5) is 34.8. The number of rotatable bonds is 9. The number of sulfone groups is 1. The van der Waals surface area contributed by atoms with Crippen molar-refractivity contribution in [1.82, 2.24) is 9.97 Å².